The third-order valence-corrected chi connectivity index (χ3v) is 3.51. The van der Waals surface area contributed by atoms with Gasteiger partial charge >= 0.3 is 0 Å². The van der Waals surface area contributed by atoms with Crippen LogP contribution in [0, 0.1) is 11.8 Å². The molecule has 1 aliphatic rings. The van der Waals surface area contributed by atoms with Crippen molar-refractivity contribution in [2.45, 2.75) is 46.1 Å². The number of likely N-dealkylation sites (tertiary alicyclic amines) is 1. The third kappa shape index (κ3) is 3.20. The summed E-state index contributed by atoms with van der Waals surface area (Å²) in [5.41, 5.74) is 5.96. The first-order valence-electron chi connectivity index (χ1n) is 6.10. The minimum atomic E-state index is -0.305. The summed E-state index contributed by atoms with van der Waals surface area (Å²) in [6.45, 7) is 8.12. The van der Waals surface area contributed by atoms with Gasteiger partial charge in [0.05, 0.1) is 6.04 Å². The Morgan fingerprint density at radius 3 is 2.80 bits per heavy atom. The summed E-state index contributed by atoms with van der Waals surface area (Å²) in [6, 6.07) is -0.305. The van der Waals surface area contributed by atoms with Gasteiger partial charge < -0.3 is 10.6 Å². The number of carbonyl (C=O) groups excluding carboxylic acids is 1. The number of carbonyl (C=O) groups is 1. The Labute approximate surface area is 93.0 Å². The maximum absolute atomic E-state index is 12.0. The topological polar surface area (TPSA) is 46.3 Å². The number of rotatable bonds is 3. The van der Waals surface area contributed by atoms with Crippen LogP contribution in [0.1, 0.15) is 40.0 Å². The SMILES string of the molecule is CC[C@H](C)[C@H](N)C(=O)N1CCC[C@@H](C)C1. The van der Waals surface area contributed by atoms with Gasteiger partial charge in [0.1, 0.15) is 0 Å². The molecule has 1 heterocycles. The van der Waals surface area contributed by atoms with Crippen molar-refractivity contribution in [3.63, 3.8) is 0 Å². The first-order valence-corrected chi connectivity index (χ1v) is 6.10. The summed E-state index contributed by atoms with van der Waals surface area (Å²) in [6.07, 6.45) is 3.33. The molecule has 88 valence electrons. The Hall–Kier alpha value is -0.570. The van der Waals surface area contributed by atoms with Gasteiger partial charge in [-0.3, -0.25) is 4.79 Å². The van der Waals surface area contributed by atoms with Gasteiger partial charge in [-0.2, -0.15) is 0 Å². The minimum Gasteiger partial charge on any atom is -0.341 e. The van der Waals surface area contributed by atoms with Gasteiger partial charge in [-0.1, -0.05) is 27.2 Å². The Morgan fingerprint density at radius 2 is 2.27 bits per heavy atom. The van der Waals surface area contributed by atoms with Gasteiger partial charge in [-0.25, -0.2) is 0 Å². The van der Waals surface area contributed by atoms with E-state index >= 15 is 0 Å². The van der Waals surface area contributed by atoms with Crippen molar-refractivity contribution >= 4 is 5.91 Å². The van der Waals surface area contributed by atoms with Crippen molar-refractivity contribution in [1.82, 2.24) is 4.90 Å². The number of nitrogens with two attached hydrogens (primary N) is 1. The highest BCUT2D eigenvalue weighted by atomic mass is 16.2. The van der Waals surface area contributed by atoms with Gasteiger partial charge in [-0.15, -0.1) is 0 Å². The molecule has 0 aromatic heterocycles. The molecule has 15 heavy (non-hydrogen) atoms. The Morgan fingerprint density at radius 1 is 1.60 bits per heavy atom. The molecular formula is C12H24N2O. The van der Waals surface area contributed by atoms with Gasteiger partial charge in [0, 0.05) is 13.1 Å². The van der Waals surface area contributed by atoms with Crippen molar-refractivity contribution < 1.29 is 4.79 Å². The molecule has 3 heteroatoms. The Kier molecular flexibility index (Phi) is 4.58. The van der Waals surface area contributed by atoms with E-state index in [1.54, 1.807) is 0 Å². The largest absolute Gasteiger partial charge is 0.341 e. The fraction of sp³-hybridized carbons (Fsp3) is 0.917. The van der Waals surface area contributed by atoms with Crippen molar-refractivity contribution in [2.75, 3.05) is 13.1 Å². The van der Waals surface area contributed by atoms with Crippen LogP contribution >= 0.6 is 0 Å². The first kappa shape index (κ1) is 12.5. The fourth-order valence-electron chi connectivity index (χ4n) is 2.10. The molecule has 0 spiro atoms. The standard InChI is InChI=1S/C12H24N2O/c1-4-10(3)11(13)12(15)14-7-5-6-9(2)8-14/h9-11H,4-8,13H2,1-3H3/t9-,10+,11+/m1/s1. The molecule has 3 atom stereocenters. The monoisotopic (exact) mass is 212 g/mol. The van der Waals surface area contributed by atoms with E-state index in [9.17, 15) is 4.79 Å². The lowest BCUT2D eigenvalue weighted by Crippen LogP contribution is -2.50. The van der Waals surface area contributed by atoms with Crippen LogP contribution in [0.2, 0.25) is 0 Å². The van der Waals surface area contributed by atoms with Gasteiger partial charge in [0.2, 0.25) is 5.91 Å². The van der Waals surface area contributed by atoms with Crippen LogP contribution in [0.25, 0.3) is 0 Å². The number of hydrogen-bond donors (Lipinski definition) is 1. The number of hydrogen-bond acceptors (Lipinski definition) is 2. The second-order valence-corrected chi connectivity index (χ2v) is 4.94. The normalized spacial score (nSPS) is 26.1. The highest BCUT2D eigenvalue weighted by Gasteiger charge is 2.27. The highest BCUT2D eigenvalue weighted by Crippen LogP contribution is 2.17. The lowest BCUT2D eigenvalue weighted by atomic mass is 9.95. The molecule has 1 aliphatic heterocycles. The average Bonchev–Trinajstić information content (AvgIpc) is 2.26. The number of amides is 1. The van der Waals surface area contributed by atoms with Gasteiger partial charge in [0.15, 0.2) is 0 Å². The molecule has 0 radical (unpaired) electrons. The molecule has 0 aliphatic carbocycles. The van der Waals surface area contributed by atoms with Crippen LogP contribution in [-0.4, -0.2) is 29.9 Å². The molecule has 0 saturated carbocycles. The zero-order chi connectivity index (χ0) is 11.4. The minimum absolute atomic E-state index is 0.149. The second kappa shape index (κ2) is 5.50. The van der Waals surface area contributed by atoms with E-state index in [1.165, 1.54) is 6.42 Å². The predicted molar refractivity (Wildman–Crippen MR) is 62.4 cm³/mol. The van der Waals surface area contributed by atoms with E-state index in [0.717, 1.165) is 25.9 Å². The molecule has 0 bridgehead atoms. The lowest BCUT2D eigenvalue weighted by Gasteiger charge is -2.33. The van der Waals surface area contributed by atoms with E-state index in [4.69, 9.17) is 5.73 Å². The van der Waals surface area contributed by atoms with Crippen LogP contribution in [0.4, 0.5) is 0 Å². The maximum Gasteiger partial charge on any atom is 0.239 e. The van der Waals surface area contributed by atoms with E-state index < -0.39 is 0 Å². The molecule has 2 N–H and O–H groups in total. The summed E-state index contributed by atoms with van der Waals surface area (Å²) >= 11 is 0. The van der Waals surface area contributed by atoms with Gasteiger partial charge in [0.25, 0.3) is 0 Å². The van der Waals surface area contributed by atoms with E-state index in [1.807, 2.05) is 4.90 Å². The maximum atomic E-state index is 12.0. The Bertz CT molecular complexity index is 218. The summed E-state index contributed by atoms with van der Waals surface area (Å²) in [5.74, 6) is 1.07. The summed E-state index contributed by atoms with van der Waals surface area (Å²) < 4.78 is 0. The molecule has 1 rings (SSSR count). The quantitative estimate of drug-likeness (QED) is 0.772. The van der Waals surface area contributed by atoms with Crippen molar-refractivity contribution in [2.24, 2.45) is 17.6 Å². The summed E-state index contributed by atoms with van der Waals surface area (Å²) in [5, 5.41) is 0. The van der Waals surface area contributed by atoms with E-state index in [2.05, 4.69) is 20.8 Å². The fourth-order valence-corrected chi connectivity index (χ4v) is 2.10. The summed E-state index contributed by atoms with van der Waals surface area (Å²) in [4.78, 5) is 14.0. The van der Waals surface area contributed by atoms with Gasteiger partial charge in [-0.05, 0) is 24.7 Å². The van der Waals surface area contributed by atoms with Crippen molar-refractivity contribution in [1.29, 1.82) is 0 Å². The average molecular weight is 212 g/mol. The smallest absolute Gasteiger partial charge is 0.239 e. The van der Waals surface area contributed by atoms with Crippen LogP contribution in [0.3, 0.4) is 0 Å². The molecule has 1 fully saturated rings. The number of nitrogens with zero attached hydrogens (tertiary/aromatic N) is 1. The molecule has 1 amide bonds. The molecule has 0 aromatic carbocycles. The zero-order valence-electron chi connectivity index (χ0n) is 10.2. The molecule has 0 unspecified atom stereocenters. The van der Waals surface area contributed by atoms with E-state index in [-0.39, 0.29) is 17.9 Å². The van der Waals surface area contributed by atoms with E-state index in [0.29, 0.717) is 5.92 Å². The molecule has 0 aromatic rings. The Balaban J connectivity index is 2.51. The molecule has 1 saturated heterocycles. The second-order valence-electron chi connectivity index (χ2n) is 4.94. The predicted octanol–water partition coefficient (Wildman–Crippen LogP) is 1.62. The molecule has 3 nitrogen and oxygen atoms in total. The first-order chi connectivity index (χ1) is 7.06. The van der Waals surface area contributed by atoms with Crippen LogP contribution in [-0.2, 0) is 4.79 Å². The van der Waals surface area contributed by atoms with Crippen molar-refractivity contribution in [3.8, 4) is 0 Å². The molecular weight excluding hydrogens is 188 g/mol. The third-order valence-electron chi connectivity index (χ3n) is 3.51. The van der Waals surface area contributed by atoms with Crippen LogP contribution < -0.4 is 5.73 Å². The zero-order valence-corrected chi connectivity index (χ0v) is 10.2. The van der Waals surface area contributed by atoms with Crippen molar-refractivity contribution in [3.05, 3.63) is 0 Å². The highest BCUT2D eigenvalue weighted by molar-refractivity contribution is 5.82. The summed E-state index contributed by atoms with van der Waals surface area (Å²) in [7, 11) is 0. The van der Waals surface area contributed by atoms with Crippen LogP contribution in [0.15, 0.2) is 0 Å². The van der Waals surface area contributed by atoms with Crippen LogP contribution in [0.5, 0.6) is 0 Å². The number of piperidine rings is 1. The lowest BCUT2D eigenvalue weighted by molar-refractivity contribution is -0.135.